The van der Waals surface area contributed by atoms with E-state index in [1.165, 1.54) is 67.1 Å². The summed E-state index contributed by atoms with van der Waals surface area (Å²) in [5.41, 5.74) is 8.29. The van der Waals surface area contributed by atoms with Crippen molar-refractivity contribution in [1.29, 1.82) is 5.26 Å². The van der Waals surface area contributed by atoms with Crippen LogP contribution in [0.15, 0.2) is 52.9 Å². The Balaban J connectivity index is 0.000000252. The fraction of sp³-hybridized carbons (Fsp3) is 0.583. The van der Waals surface area contributed by atoms with Gasteiger partial charge >= 0.3 is 5.97 Å². The van der Waals surface area contributed by atoms with E-state index in [0.717, 1.165) is 18.5 Å². The van der Waals surface area contributed by atoms with Crippen molar-refractivity contribution < 1.29 is 48.8 Å². The number of carboxylic acid groups (broad SMARTS) is 1. The summed E-state index contributed by atoms with van der Waals surface area (Å²) in [4.78, 5) is 59.7. The van der Waals surface area contributed by atoms with Crippen molar-refractivity contribution in [3.8, 4) is 11.8 Å². The molecule has 8 N–H and O–H groups in total. The number of amides is 4. The number of aliphatic carboxylic acids is 1. The Kier molecular flexibility index (Phi) is 20.8. The number of hydrogen-bond donors (Lipinski definition) is 7. The molecule has 21 nitrogen and oxygen atoms in total. The predicted molar refractivity (Wildman–Crippen MR) is 251 cm³/mol. The standard InChI is InChI=1S/C28H39N5O7.C13H14N6O2.C7H14O/c1-16-10-19(11-17(2)26(16)36)27(37)29-13-20(34)12-24-21(8-9-23(40-24)28(38)39)30-25(35)15-33-14-22(31-32-33)18-6-4-3-5-7-18;14-5-9-2-1-3-10(4-9)13(21)16-6-11-7-19(18-17-11)8-12(15)20;1-8-7-5-3-2-4-6-7/h10-11,14,18,20-21,23-24,34,36H,3-9,12-13,15H2,1-2H3,(H,29,37)(H,30,35)(H,38,39);1-4,11H,6-8H2,(H2,15,20)(H,16,21);7H,2-6H2,1H3. The number of benzene rings is 2. The van der Waals surface area contributed by atoms with Crippen LogP contribution in [-0.2, 0) is 30.4 Å². The molecule has 69 heavy (non-hydrogen) atoms. The molecule has 21 heteroatoms. The number of rotatable bonds is 16. The molecule has 0 spiro atoms. The topological polar surface area (TPSA) is 309 Å². The number of primary amides is 1. The number of phenolic OH excluding ortho intramolecular Hbond substituents is 1. The first-order valence-electron chi connectivity index (χ1n) is 23.7. The molecule has 5 atom stereocenters. The summed E-state index contributed by atoms with van der Waals surface area (Å²) in [6.07, 6.45) is 12.6. The number of aliphatic hydroxyl groups excluding tert-OH is 1. The van der Waals surface area contributed by atoms with Gasteiger partial charge < -0.3 is 46.5 Å². The number of nitrogens with zero attached hydrogens (tertiary/aromatic N) is 7. The van der Waals surface area contributed by atoms with E-state index in [1.54, 1.807) is 44.2 Å². The third-order valence-electron chi connectivity index (χ3n) is 12.5. The zero-order valence-electron chi connectivity index (χ0n) is 39.7. The Bertz CT molecular complexity index is 2250. The largest absolute Gasteiger partial charge is 0.507 e. The van der Waals surface area contributed by atoms with Crippen LogP contribution in [0.1, 0.15) is 132 Å². The molecule has 2 saturated carbocycles. The molecule has 3 aromatic rings. The van der Waals surface area contributed by atoms with Crippen molar-refractivity contribution in [1.82, 2.24) is 36.0 Å². The van der Waals surface area contributed by atoms with Crippen LogP contribution >= 0.6 is 0 Å². The lowest BCUT2D eigenvalue weighted by Crippen LogP contribution is -2.53. The van der Waals surface area contributed by atoms with Crippen LogP contribution in [0.3, 0.4) is 0 Å². The number of methoxy groups -OCH3 is 1. The highest BCUT2D eigenvalue weighted by molar-refractivity contribution is 5.95. The summed E-state index contributed by atoms with van der Waals surface area (Å²) < 4.78 is 12.5. The van der Waals surface area contributed by atoms with Gasteiger partial charge in [-0.15, -0.1) is 5.10 Å². The molecule has 2 aromatic carbocycles. The lowest BCUT2D eigenvalue weighted by Gasteiger charge is -2.36. The first kappa shape index (κ1) is 53.5. The number of carbonyl (C=O) groups is 5. The van der Waals surface area contributed by atoms with Gasteiger partial charge in [-0.25, -0.2) is 9.48 Å². The van der Waals surface area contributed by atoms with Crippen molar-refractivity contribution in [3.63, 3.8) is 0 Å². The maximum Gasteiger partial charge on any atom is 0.332 e. The highest BCUT2D eigenvalue weighted by Crippen LogP contribution is 2.31. The molecule has 4 aliphatic rings. The third-order valence-corrected chi connectivity index (χ3v) is 12.5. The van der Waals surface area contributed by atoms with Gasteiger partial charge in [-0.2, -0.15) is 10.4 Å². The molecular formula is C48H67N11O10. The number of nitriles is 1. The van der Waals surface area contributed by atoms with E-state index < -0.39 is 42.1 Å². The van der Waals surface area contributed by atoms with Gasteiger partial charge in [-0.3, -0.25) is 24.2 Å². The van der Waals surface area contributed by atoms with Gasteiger partial charge in [0, 0.05) is 49.9 Å². The summed E-state index contributed by atoms with van der Waals surface area (Å²) in [5.74, 6) is -2.09. The fourth-order valence-electron chi connectivity index (χ4n) is 8.77. The van der Waals surface area contributed by atoms with Crippen molar-refractivity contribution in [2.45, 2.75) is 146 Å². The highest BCUT2D eigenvalue weighted by Gasteiger charge is 2.37. The second-order valence-electron chi connectivity index (χ2n) is 18.1. The van der Waals surface area contributed by atoms with Gasteiger partial charge in [0.2, 0.25) is 11.8 Å². The number of hydrogen-bond acceptors (Lipinski definition) is 15. The fourth-order valence-corrected chi connectivity index (χ4v) is 8.77. The summed E-state index contributed by atoms with van der Waals surface area (Å²) >= 11 is 0. The molecule has 7 rings (SSSR count). The van der Waals surface area contributed by atoms with Crippen LogP contribution in [-0.4, -0.2) is 135 Å². The highest BCUT2D eigenvalue weighted by atomic mass is 16.5. The van der Waals surface area contributed by atoms with Crippen molar-refractivity contribution >= 4 is 29.6 Å². The second kappa shape index (κ2) is 26.9. The van der Waals surface area contributed by atoms with E-state index in [4.69, 9.17) is 20.5 Å². The van der Waals surface area contributed by atoms with E-state index >= 15 is 0 Å². The minimum absolute atomic E-state index is 0.0117. The van der Waals surface area contributed by atoms with Crippen LogP contribution in [0.4, 0.5) is 0 Å². The lowest BCUT2D eigenvalue weighted by atomic mass is 9.87. The normalized spacial score (nSPS) is 20.8. The molecule has 1 saturated heterocycles. The summed E-state index contributed by atoms with van der Waals surface area (Å²) in [6, 6.07) is 10.8. The number of carbonyl (C=O) groups excluding carboxylic acids is 4. The minimum atomic E-state index is -1.10. The SMILES string of the molecule is COC1CCCCC1.Cc1cc(C(=O)NCC(O)CC2OC(C(=O)O)CCC2NC(=O)Cn2cc(C3CCCCC3)nn2)cc(C)c1O.N#Cc1cccc(C(=O)NCC2CN(CC(N)=O)N=N2)c1. The Labute approximate surface area is 402 Å². The Morgan fingerprint density at radius 1 is 0.928 bits per heavy atom. The number of aryl methyl sites for hydroxylation is 2. The maximum atomic E-state index is 12.9. The quantitative estimate of drug-likeness (QED) is 0.108. The van der Waals surface area contributed by atoms with E-state index in [1.807, 2.05) is 19.4 Å². The molecule has 2 aliphatic carbocycles. The summed E-state index contributed by atoms with van der Waals surface area (Å²) in [7, 11) is 1.82. The molecule has 2 aliphatic heterocycles. The van der Waals surface area contributed by atoms with E-state index in [9.17, 15) is 39.3 Å². The number of nitrogens with two attached hydrogens (primary N) is 1. The molecular weight excluding hydrogens is 891 g/mol. The first-order chi connectivity index (χ1) is 33.1. The zero-order chi connectivity index (χ0) is 49.9. The van der Waals surface area contributed by atoms with Gasteiger partial charge in [0.25, 0.3) is 11.8 Å². The summed E-state index contributed by atoms with van der Waals surface area (Å²) in [5, 5.41) is 64.7. The number of aromatic hydroxyl groups is 1. The Morgan fingerprint density at radius 2 is 1.61 bits per heavy atom. The van der Waals surface area contributed by atoms with E-state index in [2.05, 4.69) is 36.6 Å². The lowest BCUT2D eigenvalue weighted by molar-refractivity contribution is -0.163. The van der Waals surface area contributed by atoms with E-state index in [-0.39, 0.29) is 56.1 Å². The van der Waals surface area contributed by atoms with Crippen LogP contribution in [0.2, 0.25) is 0 Å². The molecule has 374 valence electrons. The minimum Gasteiger partial charge on any atom is -0.507 e. The average Bonchev–Trinajstić information content (AvgIpc) is 4.02. The molecule has 1 aromatic heterocycles. The zero-order valence-corrected chi connectivity index (χ0v) is 39.7. The van der Waals surface area contributed by atoms with Gasteiger partial charge in [0.1, 0.15) is 24.9 Å². The second-order valence-corrected chi connectivity index (χ2v) is 18.1. The molecule has 0 bridgehead atoms. The van der Waals surface area contributed by atoms with Crippen LogP contribution in [0, 0.1) is 25.2 Å². The number of phenols is 1. The van der Waals surface area contributed by atoms with E-state index in [0.29, 0.717) is 59.3 Å². The third kappa shape index (κ3) is 17.2. The smallest absolute Gasteiger partial charge is 0.332 e. The van der Waals surface area contributed by atoms with Crippen molar-refractivity contribution in [2.75, 3.05) is 33.3 Å². The van der Waals surface area contributed by atoms with Gasteiger partial charge in [0.05, 0.1) is 48.2 Å². The molecule has 0 radical (unpaired) electrons. The Morgan fingerprint density at radius 3 is 2.25 bits per heavy atom. The van der Waals surface area contributed by atoms with Gasteiger partial charge in [0.15, 0.2) is 6.10 Å². The number of ether oxygens (including phenoxy) is 2. The first-order valence-corrected chi connectivity index (χ1v) is 23.7. The van der Waals surface area contributed by atoms with Crippen LogP contribution in [0.25, 0.3) is 0 Å². The van der Waals surface area contributed by atoms with Crippen molar-refractivity contribution in [3.05, 3.63) is 76.1 Å². The molecule has 3 heterocycles. The number of aromatic nitrogens is 3. The monoisotopic (exact) mass is 958 g/mol. The number of nitrogens with one attached hydrogen (secondary N) is 3. The molecule has 4 amide bonds. The molecule has 5 unspecified atom stereocenters. The maximum absolute atomic E-state index is 12.9. The predicted octanol–water partition coefficient (Wildman–Crippen LogP) is 3.74. The van der Waals surface area contributed by atoms with Gasteiger partial charge in [-0.05, 0) is 93.8 Å². The number of aliphatic hydroxyl groups is 1. The summed E-state index contributed by atoms with van der Waals surface area (Å²) in [6.45, 7) is 4.00. The average molecular weight is 958 g/mol. The number of carboxylic acids is 1. The van der Waals surface area contributed by atoms with Gasteiger partial charge in [-0.1, -0.05) is 55.0 Å². The van der Waals surface area contributed by atoms with Crippen LogP contribution in [0.5, 0.6) is 5.75 Å². The molecule has 3 fully saturated rings. The Hall–Kier alpha value is -6.50. The van der Waals surface area contributed by atoms with Crippen molar-refractivity contribution in [2.24, 2.45) is 16.1 Å². The van der Waals surface area contributed by atoms with Crippen LogP contribution < -0.4 is 21.7 Å².